The molecule has 0 bridgehead atoms. The van der Waals surface area contributed by atoms with Crippen molar-refractivity contribution in [2.75, 3.05) is 5.75 Å². The minimum absolute atomic E-state index is 0.0478. The number of aromatic amines is 1. The Morgan fingerprint density at radius 2 is 2.15 bits per heavy atom. The molecule has 100 valence electrons. The number of hydrogen-bond donors (Lipinski definition) is 2. The van der Waals surface area contributed by atoms with E-state index in [1.54, 1.807) is 6.21 Å². The summed E-state index contributed by atoms with van der Waals surface area (Å²) in [5.41, 5.74) is 1.75. The number of hydrogen-bond acceptors (Lipinski definition) is 7. The van der Waals surface area contributed by atoms with E-state index in [4.69, 9.17) is 0 Å². The predicted octanol–water partition coefficient (Wildman–Crippen LogP) is 0.420. The molecule has 1 aromatic heterocycles. The van der Waals surface area contributed by atoms with Gasteiger partial charge >= 0.3 is 0 Å². The van der Waals surface area contributed by atoms with Gasteiger partial charge in [-0.05, 0) is 10.8 Å². The quantitative estimate of drug-likeness (QED) is 0.628. The second kappa shape index (κ2) is 5.61. The van der Waals surface area contributed by atoms with Crippen molar-refractivity contribution in [3.8, 4) is 11.4 Å². The smallest absolute Gasteiger partial charge is 0.236 e. The lowest BCUT2D eigenvalue weighted by Crippen LogP contribution is -2.19. The first-order valence-electron chi connectivity index (χ1n) is 5.69. The maximum atomic E-state index is 11.0. The van der Waals surface area contributed by atoms with Crippen LogP contribution in [-0.2, 0) is 4.79 Å². The first kappa shape index (κ1) is 12.5. The second-order valence-corrected chi connectivity index (χ2v) is 4.81. The van der Waals surface area contributed by atoms with Gasteiger partial charge in [-0.2, -0.15) is 10.3 Å². The van der Waals surface area contributed by atoms with Crippen LogP contribution < -0.4 is 5.32 Å². The molecule has 3 rings (SSSR count). The molecule has 1 saturated heterocycles. The van der Waals surface area contributed by atoms with Crippen LogP contribution in [-0.4, -0.2) is 43.7 Å². The van der Waals surface area contributed by atoms with Gasteiger partial charge in [-0.15, -0.1) is 15.3 Å². The number of tetrazole rings is 1. The molecule has 1 aromatic carbocycles. The summed E-state index contributed by atoms with van der Waals surface area (Å²) in [6.07, 6.45) is 1.61. The summed E-state index contributed by atoms with van der Waals surface area (Å²) in [7, 11) is 0. The van der Waals surface area contributed by atoms with Gasteiger partial charge in [0.05, 0.1) is 12.0 Å². The van der Waals surface area contributed by atoms with E-state index in [-0.39, 0.29) is 5.91 Å². The summed E-state index contributed by atoms with van der Waals surface area (Å²) in [5, 5.41) is 24.7. The second-order valence-electron chi connectivity index (χ2n) is 3.84. The van der Waals surface area contributed by atoms with E-state index < -0.39 is 0 Å². The molecule has 0 radical (unpaired) electrons. The number of amidine groups is 1. The SMILES string of the molecule is O=C1CSC(=NN=Cc2ccc(-c3nn[nH]n3)cc2)N1. The standard InChI is InChI=1S/C11H9N7OS/c19-9-6-20-11(13-9)16-12-5-7-1-3-8(4-2-7)10-14-17-18-15-10/h1-5H,6H2,(H,13,16,19)(H,14,15,17,18). The van der Waals surface area contributed by atoms with E-state index in [2.05, 4.69) is 36.1 Å². The van der Waals surface area contributed by atoms with E-state index >= 15 is 0 Å². The molecular formula is C11H9N7OS. The van der Waals surface area contributed by atoms with Crippen LogP contribution in [0, 0.1) is 0 Å². The van der Waals surface area contributed by atoms with Crippen LogP contribution in [0.4, 0.5) is 0 Å². The Morgan fingerprint density at radius 1 is 1.30 bits per heavy atom. The fourth-order valence-electron chi connectivity index (χ4n) is 1.53. The summed E-state index contributed by atoms with van der Waals surface area (Å²) in [5.74, 6) is 0.889. The highest BCUT2D eigenvalue weighted by Crippen LogP contribution is 2.13. The summed E-state index contributed by atoms with van der Waals surface area (Å²) >= 11 is 1.33. The number of thioether (sulfide) groups is 1. The number of aromatic nitrogens is 4. The number of benzene rings is 1. The third kappa shape index (κ3) is 2.88. The first-order valence-corrected chi connectivity index (χ1v) is 6.67. The van der Waals surface area contributed by atoms with Crippen molar-refractivity contribution in [1.29, 1.82) is 0 Å². The Hall–Kier alpha value is -2.55. The van der Waals surface area contributed by atoms with E-state index in [0.29, 0.717) is 16.7 Å². The highest BCUT2D eigenvalue weighted by Gasteiger charge is 2.15. The lowest BCUT2D eigenvalue weighted by atomic mass is 10.1. The van der Waals surface area contributed by atoms with Crippen molar-refractivity contribution in [3.63, 3.8) is 0 Å². The fraction of sp³-hybridized carbons (Fsp3) is 0.0909. The van der Waals surface area contributed by atoms with Crippen molar-refractivity contribution >= 4 is 29.1 Å². The number of nitrogens with one attached hydrogen (secondary N) is 2. The Bertz CT molecular complexity index is 663. The average Bonchev–Trinajstić information content (AvgIpc) is 3.11. The van der Waals surface area contributed by atoms with Gasteiger partial charge in [0.15, 0.2) is 5.17 Å². The summed E-state index contributed by atoms with van der Waals surface area (Å²) in [6, 6.07) is 7.47. The number of nitrogens with zero attached hydrogens (tertiary/aromatic N) is 5. The lowest BCUT2D eigenvalue weighted by Gasteiger charge is -1.95. The Kier molecular flexibility index (Phi) is 3.50. The van der Waals surface area contributed by atoms with Crippen LogP contribution in [0.15, 0.2) is 34.5 Å². The van der Waals surface area contributed by atoms with Gasteiger partial charge in [0.25, 0.3) is 0 Å². The number of amides is 1. The summed E-state index contributed by atoms with van der Waals surface area (Å²) < 4.78 is 0. The molecule has 2 aromatic rings. The molecule has 8 nitrogen and oxygen atoms in total. The number of rotatable bonds is 3. The molecule has 0 aliphatic carbocycles. The van der Waals surface area contributed by atoms with Crippen LogP contribution in [0.1, 0.15) is 5.56 Å². The first-order chi connectivity index (χ1) is 9.81. The maximum Gasteiger partial charge on any atom is 0.236 e. The van der Waals surface area contributed by atoms with Gasteiger partial charge in [-0.1, -0.05) is 36.0 Å². The topological polar surface area (TPSA) is 108 Å². The van der Waals surface area contributed by atoms with Crippen molar-refractivity contribution < 1.29 is 4.79 Å². The number of carbonyl (C=O) groups is 1. The molecule has 0 spiro atoms. The van der Waals surface area contributed by atoms with Crippen molar-refractivity contribution in [2.45, 2.75) is 0 Å². The highest BCUT2D eigenvalue weighted by molar-refractivity contribution is 8.15. The van der Waals surface area contributed by atoms with Gasteiger partial charge in [-0.25, -0.2) is 0 Å². The van der Waals surface area contributed by atoms with Gasteiger partial charge in [0, 0.05) is 5.56 Å². The van der Waals surface area contributed by atoms with Gasteiger partial charge in [0.2, 0.25) is 11.7 Å². The predicted molar refractivity (Wildman–Crippen MR) is 75.2 cm³/mol. The molecule has 2 heterocycles. The third-order valence-corrected chi connectivity index (χ3v) is 3.32. The normalized spacial score (nSPS) is 17.0. The average molecular weight is 287 g/mol. The molecule has 1 aliphatic rings. The monoisotopic (exact) mass is 287 g/mol. The minimum atomic E-state index is -0.0478. The summed E-state index contributed by atoms with van der Waals surface area (Å²) in [6.45, 7) is 0. The number of carbonyl (C=O) groups excluding carboxylic acids is 1. The molecule has 1 aliphatic heterocycles. The molecule has 1 fully saturated rings. The van der Waals surface area contributed by atoms with Gasteiger partial charge in [0.1, 0.15) is 0 Å². The minimum Gasteiger partial charge on any atom is -0.303 e. The van der Waals surface area contributed by atoms with Crippen molar-refractivity contribution in [3.05, 3.63) is 29.8 Å². The van der Waals surface area contributed by atoms with Gasteiger partial charge in [-0.3, -0.25) is 4.79 Å². The Balaban J connectivity index is 1.68. The molecule has 1 amide bonds. The van der Waals surface area contributed by atoms with Crippen LogP contribution in [0.5, 0.6) is 0 Å². The van der Waals surface area contributed by atoms with Gasteiger partial charge < -0.3 is 5.32 Å². The third-order valence-electron chi connectivity index (χ3n) is 2.46. The van der Waals surface area contributed by atoms with Crippen LogP contribution in [0.25, 0.3) is 11.4 Å². The van der Waals surface area contributed by atoms with E-state index in [9.17, 15) is 4.79 Å². The molecule has 0 atom stereocenters. The zero-order chi connectivity index (χ0) is 13.8. The zero-order valence-electron chi connectivity index (χ0n) is 10.1. The largest absolute Gasteiger partial charge is 0.303 e. The lowest BCUT2D eigenvalue weighted by molar-refractivity contribution is -0.116. The highest BCUT2D eigenvalue weighted by atomic mass is 32.2. The van der Waals surface area contributed by atoms with E-state index in [1.165, 1.54) is 11.8 Å². The molecule has 0 saturated carbocycles. The van der Waals surface area contributed by atoms with Crippen LogP contribution in [0.2, 0.25) is 0 Å². The van der Waals surface area contributed by atoms with Crippen LogP contribution >= 0.6 is 11.8 Å². The zero-order valence-corrected chi connectivity index (χ0v) is 11.0. The number of H-pyrrole nitrogens is 1. The Morgan fingerprint density at radius 3 is 2.80 bits per heavy atom. The van der Waals surface area contributed by atoms with Crippen LogP contribution in [0.3, 0.4) is 0 Å². The Labute approximate surface area is 117 Å². The molecule has 2 N–H and O–H groups in total. The molecule has 0 unspecified atom stereocenters. The summed E-state index contributed by atoms with van der Waals surface area (Å²) in [4.78, 5) is 11.0. The van der Waals surface area contributed by atoms with Crippen molar-refractivity contribution in [2.24, 2.45) is 10.2 Å². The van der Waals surface area contributed by atoms with E-state index in [1.807, 2.05) is 24.3 Å². The molecule has 9 heteroatoms. The van der Waals surface area contributed by atoms with Crippen molar-refractivity contribution in [1.82, 2.24) is 25.9 Å². The fourth-order valence-corrected chi connectivity index (χ4v) is 2.16. The maximum absolute atomic E-state index is 11.0. The molecule has 20 heavy (non-hydrogen) atoms. The van der Waals surface area contributed by atoms with E-state index in [0.717, 1.165) is 11.1 Å². The molecular weight excluding hydrogens is 278 g/mol.